The van der Waals surface area contributed by atoms with E-state index in [1.807, 2.05) is 19.1 Å². The van der Waals surface area contributed by atoms with Gasteiger partial charge in [-0.05, 0) is 49.3 Å². The summed E-state index contributed by atoms with van der Waals surface area (Å²) >= 11 is 0. The molecule has 124 valence electrons. The Morgan fingerprint density at radius 3 is 2.36 bits per heavy atom. The van der Waals surface area contributed by atoms with Crippen molar-refractivity contribution in [2.24, 2.45) is 0 Å². The minimum atomic E-state index is 1.09. The third-order valence-electron chi connectivity index (χ3n) is 4.49. The van der Waals surface area contributed by atoms with E-state index in [1.54, 1.807) is 6.08 Å². The number of rotatable bonds is 5. The second-order valence-electron chi connectivity index (χ2n) is 5.84. The van der Waals surface area contributed by atoms with E-state index in [4.69, 9.17) is 0 Å². The fourth-order valence-corrected chi connectivity index (χ4v) is 3.30. The molecule has 0 saturated heterocycles. The number of aromatic nitrogens is 1. The fraction of sp³-hybridized carbons (Fsp3) is 0.0833. The van der Waals surface area contributed by atoms with Crippen LogP contribution in [0, 0.1) is 0 Å². The van der Waals surface area contributed by atoms with Crippen LogP contribution in [0.15, 0.2) is 92.1 Å². The van der Waals surface area contributed by atoms with Gasteiger partial charge in [-0.1, -0.05) is 67.8 Å². The lowest BCUT2D eigenvalue weighted by Gasteiger charge is -2.08. The number of allylic oxidation sites excluding steroid dienone is 8. The number of hydrogen-bond acceptors (Lipinski definition) is 0. The molecule has 0 N–H and O–H groups in total. The zero-order chi connectivity index (χ0) is 17.8. The van der Waals surface area contributed by atoms with Crippen LogP contribution in [0.1, 0.15) is 19.4 Å². The highest BCUT2D eigenvalue weighted by molar-refractivity contribution is 6.11. The lowest BCUT2D eigenvalue weighted by Crippen LogP contribution is -1.93. The van der Waals surface area contributed by atoms with Crippen molar-refractivity contribution in [3.63, 3.8) is 0 Å². The summed E-state index contributed by atoms with van der Waals surface area (Å²) in [6, 6.07) is 15.2. The molecule has 0 unspecified atom stereocenters. The molecule has 0 aliphatic heterocycles. The van der Waals surface area contributed by atoms with Gasteiger partial charge in [0.15, 0.2) is 0 Å². The highest BCUT2D eigenvalue weighted by Gasteiger charge is 2.12. The Balaban J connectivity index is 2.35. The Hall–Kier alpha value is -3.06. The molecule has 3 aromatic rings. The number of fused-ring (bicyclic) bond motifs is 3. The van der Waals surface area contributed by atoms with E-state index < -0.39 is 0 Å². The maximum absolute atomic E-state index is 3.98. The van der Waals surface area contributed by atoms with E-state index >= 15 is 0 Å². The van der Waals surface area contributed by atoms with Crippen molar-refractivity contribution in [1.82, 2.24) is 4.57 Å². The molecule has 0 aliphatic carbocycles. The third-order valence-corrected chi connectivity index (χ3v) is 4.49. The molecule has 2 aromatic carbocycles. The molecule has 1 heteroatoms. The monoisotopic (exact) mass is 325 g/mol. The van der Waals surface area contributed by atoms with Crippen molar-refractivity contribution in [3.8, 4) is 0 Å². The summed E-state index contributed by atoms with van der Waals surface area (Å²) in [7, 11) is 0. The van der Waals surface area contributed by atoms with Crippen LogP contribution in [0.4, 0.5) is 0 Å². The minimum absolute atomic E-state index is 1.09. The van der Waals surface area contributed by atoms with E-state index in [0.717, 1.165) is 5.70 Å². The molecule has 0 spiro atoms. The van der Waals surface area contributed by atoms with Crippen molar-refractivity contribution in [2.75, 3.05) is 0 Å². The van der Waals surface area contributed by atoms with Gasteiger partial charge in [-0.25, -0.2) is 0 Å². The Morgan fingerprint density at radius 2 is 1.68 bits per heavy atom. The largest absolute Gasteiger partial charge is 0.310 e. The summed E-state index contributed by atoms with van der Waals surface area (Å²) in [5.74, 6) is 0. The Kier molecular flexibility index (Phi) is 4.85. The average Bonchev–Trinajstić information content (AvgIpc) is 2.98. The Morgan fingerprint density at radius 1 is 0.920 bits per heavy atom. The first-order chi connectivity index (χ1) is 12.2. The SMILES string of the molecule is C=C/C=C\C(=C/C)c1ccc2c(c1)c1ccccc1n2/C(C=C)=C/C. The van der Waals surface area contributed by atoms with Gasteiger partial charge in [0.05, 0.1) is 11.0 Å². The number of hydrogen-bond donors (Lipinski definition) is 0. The smallest absolute Gasteiger partial charge is 0.0541 e. The maximum Gasteiger partial charge on any atom is 0.0541 e. The normalized spacial score (nSPS) is 13.0. The van der Waals surface area contributed by atoms with E-state index in [2.05, 4.69) is 85.3 Å². The first kappa shape index (κ1) is 16.8. The molecule has 0 aliphatic rings. The predicted molar refractivity (Wildman–Crippen MR) is 113 cm³/mol. The summed E-state index contributed by atoms with van der Waals surface area (Å²) in [6.07, 6.45) is 12.0. The first-order valence-corrected chi connectivity index (χ1v) is 8.53. The van der Waals surface area contributed by atoms with E-state index in [-0.39, 0.29) is 0 Å². The lowest BCUT2D eigenvalue weighted by atomic mass is 10.0. The second-order valence-corrected chi connectivity index (χ2v) is 5.84. The van der Waals surface area contributed by atoms with Crippen molar-refractivity contribution < 1.29 is 0 Å². The van der Waals surface area contributed by atoms with Crippen LogP contribution < -0.4 is 0 Å². The quantitative estimate of drug-likeness (QED) is 0.446. The number of para-hydroxylation sites is 1. The van der Waals surface area contributed by atoms with Crippen LogP contribution in [-0.4, -0.2) is 4.57 Å². The molecule has 3 rings (SSSR count). The first-order valence-electron chi connectivity index (χ1n) is 8.53. The van der Waals surface area contributed by atoms with Gasteiger partial charge in [-0.3, -0.25) is 0 Å². The molecule has 0 amide bonds. The van der Waals surface area contributed by atoms with Gasteiger partial charge < -0.3 is 4.57 Å². The molecule has 1 heterocycles. The molecular formula is C24H23N. The summed E-state index contributed by atoms with van der Waals surface area (Å²) < 4.78 is 2.27. The maximum atomic E-state index is 3.98. The van der Waals surface area contributed by atoms with Gasteiger partial charge in [0.25, 0.3) is 0 Å². The lowest BCUT2D eigenvalue weighted by molar-refractivity contribution is 1.23. The average molecular weight is 325 g/mol. The molecule has 25 heavy (non-hydrogen) atoms. The fourth-order valence-electron chi connectivity index (χ4n) is 3.30. The Bertz CT molecular complexity index is 1040. The second kappa shape index (κ2) is 7.23. The predicted octanol–water partition coefficient (Wildman–Crippen LogP) is 6.99. The summed E-state index contributed by atoms with van der Waals surface area (Å²) in [5, 5.41) is 2.50. The van der Waals surface area contributed by atoms with Crippen molar-refractivity contribution in [3.05, 3.63) is 97.6 Å². The van der Waals surface area contributed by atoms with Crippen LogP contribution >= 0.6 is 0 Å². The highest BCUT2D eigenvalue weighted by Crippen LogP contribution is 2.34. The minimum Gasteiger partial charge on any atom is -0.310 e. The molecule has 1 nitrogen and oxygen atoms in total. The molecule has 1 aromatic heterocycles. The zero-order valence-electron chi connectivity index (χ0n) is 14.9. The van der Waals surface area contributed by atoms with Crippen molar-refractivity contribution in [1.29, 1.82) is 0 Å². The van der Waals surface area contributed by atoms with Crippen molar-refractivity contribution >= 4 is 33.1 Å². The topological polar surface area (TPSA) is 4.93 Å². The third kappa shape index (κ3) is 2.89. The van der Waals surface area contributed by atoms with Crippen LogP contribution in [-0.2, 0) is 0 Å². The van der Waals surface area contributed by atoms with Gasteiger partial charge in [0.1, 0.15) is 0 Å². The van der Waals surface area contributed by atoms with Crippen LogP contribution in [0.2, 0.25) is 0 Å². The van der Waals surface area contributed by atoms with Crippen LogP contribution in [0.3, 0.4) is 0 Å². The van der Waals surface area contributed by atoms with Crippen molar-refractivity contribution in [2.45, 2.75) is 13.8 Å². The van der Waals surface area contributed by atoms with Gasteiger partial charge in [-0.15, -0.1) is 0 Å². The molecular weight excluding hydrogens is 302 g/mol. The van der Waals surface area contributed by atoms with E-state index in [9.17, 15) is 0 Å². The summed E-state index contributed by atoms with van der Waals surface area (Å²) in [5.41, 5.74) is 5.88. The van der Waals surface area contributed by atoms with Crippen LogP contribution in [0.5, 0.6) is 0 Å². The van der Waals surface area contributed by atoms with E-state index in [0.29, 0.717) is 0 Å². The van der Waals surface area contributed by atoms with E-state index in [1.165, 1.54) is 32.9 Å². The standard InChI is InChI=1S/C24H23N/c1-5-9-12-18(6-2)19-15-16-24-22(17-19)21-13-10-11-14-23(21)25(24)20(7-3)8-4/h5-17H,1,3H2,2,4H3/b12-9-,18-6+,20-8+. The summed E-state index contributed by atoms with van der Waals surface area (Å²) in [4.78, 5) is 0. The van der Waals surface area contributed by atoms with Gasteiger partial charge in [0.2, 0.25) is 0 Å². The number of nitrogens with zero attached hydrogens (tertiary/aromatic N) is 1. The Labute approximate surface area is 149 Å². The van der Waals surface area contributed by atoms with Gasteiger partial charge in [-0.2, -0.15) is 0 Å². The van der Waals surface area contributed by atoms with Crippen LogP contribution in [0.25, 0.3) is 33.1 Å². The molecule has 0 saturated carbocycles. The summed E-state index contributed by atoms with van der Waals surface area (Å²) in [6.45, 7) is 11.8. The molecule has 0 atom stereocenters. The molecule has 0 bridgehead atoms. The zero-order valence-corrected chi connectivity index (χ0v) is 14.9. The number of benzene rings is 2. The highest BCUT2D eigenvalue weighted by atomic mass is 15.0. The molecule has 0 radical (unpaired) electrons. The molecule has 0 fully saturated rings. The van der Waals surface area contributed by atoms with Gasteiger partial charge in [0, 0.05) is 16.5 Å². The van der Waals surface area contributed by atoms with Gasteiger partial charge >= 0.3 is 0 Å².